The van der Waals surface area contributed by atoms with E-state index in [1.807, 2.05) is 6.92 Å². The molecule has 1 unspecified atom stereocenters. The van der Waals surface area contributed by atoms with E-state index in [0.29, 0.717) is 23.7 Å². The van der Waals surface area contributed by atoms with Crippen LogP contribution in [0, 0.1) is 0 Å². The Morgan fingerprint density at radius 3 is 3.05 bits per heavy atom. The second-order valence-electron chi connectivity index (χ2n) is 4.60. The van der Waals surface area contributed by atoms with Crippen LogP contribution < -0.4 is 16.4 Å². The zero-order chi connectivity index (χ0) is 13.8. The van der Waals surface area contributed by atoms with Crippen LogP contribution >= 0.6 is 0 Å². The number of aromatic nitrogens is 2. The van der Waals surface area contributed by atoms with Gasteiger partial charge in [-0.1, -0.05) is 0 Å². The highest BCUT2D eigenvalue weighted by Crippen LogP contribution is 2.24. The van der Waals surface area contributed by atoms with Crippen molar-refractivity contribution in [2.75, 3.05) is 31.2 Å². The molecule has 2 rings (SSSR count). The number of ether oxygens (including phenoxy) is 1. The Balaban J connectivity index is 2.24. The number of nitrogens with two attached hydrogens (primary N) is 1. The van der Waals surface area contributed by atoms with Crippen LogP contribution in [0.15, 0.2) is 0 Å². The number of rotatable bonds is 4. The van der Waals surface area contributed by atoms with Crippen molar-refractivity contribution in [1.82, 2.24) is 15.1 Å². The van der Waals surface area contributed by atoms with Crippen molar-refractivity contribution in [2.24, 2.45) is 0 Å². The minimum Gasteiger partial charge on any atom is -0.465 e. The smallest absolute Gasteiger partial charge is 0.345 e. The lowest BCUT2D eigenvalue weighted by molar-refractivity contribution is 0.0603. The van der Waals surface area contributed by atoms with Crippen LogP contribution in [-0.4, -0.2) is 42.0 Å². The first-order valence-electron chi connectivity index (χ1n) is 6.59. The molecule has 0 aromatic carbocycles. The predicted molar refractivity (Wildman–Crippen MR) is 73.2 cm³/mol. The van der Waals surface area contributed by atoms with Gasteiger partial charge in [-0.05, 0) is 26.3 Å². The molecule has 0 aliphatic carbocycles. The fraction of sp³-hybridized carbons (Fsp3) is 0.667. The molecule has 1 aromatic rings. The van der Waals surface area contributed by atoms with E-state index in [0.717, 1.165) is 25.9 Å². The van der Waals surface area contributed by atoms with E-state index in [4.69, 9.17) is 10.5 Å². The van der Waals surface area contributed by atoms with Gasteiger partial charge in [0.05, 0.1) is 7.11 Å². The quantitative estimate of drug-likeness (QED) is 0.685. The fourth-order valence-electron chi connectivity index (χ4n) is 2.29. The number of nitrogen functional groups attached to an aromatic ring is 1. The summed E-state index contributed by atoms with van der Waals surface area (Å²) in [5.74, 6) is 0.406. The summed E-state index contributed by atoms with van der Waals surface area (Å²) in [5.41, 5.74) is 6.27. The van der Waals surface area contributed by atoms with Crippen molar-refractivity contribution in [3.63, 3.8) is 0 Å². The molecule has 0 bridgehead atoms. The van der Waals surface area contributed by atoms with Gasteiger partial charge in [-0.3, -0.25) is 0 Å². The lowest BCUT2D eigenvalue weighted by Gasteiger charge is -2.23. The van der Waals surface area contributed by atoms with Gasteiger partial charge in [0.1, 0.15) is 11.4 Å². The van der Waals surface area contributed by atoms with Crippen LogP contribution in [0.5, 0.6) is 0 Å². The monoisotopic (exact) mass is 267 g/mol. The largest absolute Gasteiger partial charge is 0.465 e. The normalized spacial score (nSPS) is 19.2. The van der Waals surface area contributed by atoms with Crippen LogP contribution in [0.1, 0.15) is 30.1 Å². The number of piperidine rings is 1. The second kappa shape index (κ2) is 5.92. The van der Waals surface area contributed by atoms with Crippen LogP contribution in [-0.2, 0) is 11.3 Å². The molecule has 1 saturated heterocycles. The predicted octanol–water partition coefficient (Wildman–Crippen LogP) is 0.436. The molecule has 0 spiro atoms. The van der Waals surface area contributed by atoms with Gasteiger partial charge in [-0.2, -0.15) is 5.10 Å². The van der Waals surface area contributed by atoms with Gasteiger partial charge < -0.3 is 21.1 Å². The van der Waals surface area contributed by atoms with Crippen LogP contribution in [0.4, 0.5) is 11.6 Å². The summed E-state index contributed by atoms with van der Waals surface area (Å²) in [7, 11) is 1.34. The molecule has 7 heteroatoms. The summed E-state index contributed by atoms with van der Waals surface area (Å²) >= 11 is 0. The number of nitrogens with zero attached hydrogens (tertiary/aromatic N) is 2. The summed E-state index contributed by atoms with van der Waals surface area (Å²) in [6.07, 6.45) is 2.15. The van der Waals surface area contributed by atoms with Gasteiger partial charge in [-0.25, -0.2) is 9.48 Å². The van der Waals surface area contributed by atoms with E-state index in [9.17, 15) is 4.79 Å². The number of nitrogens with one attached hydrogen (secondary N) is 2. The molecular formula is C12H21N5O2. The van der Waals surface area contributed by atoms with Crippen molar-refractivity contribution < 1.29 is 9.53 Å². The molecule has 1 fully saturated rings. The molecular weight excluding hydrogens is 246 g/mol. The third kappa shape index (κ3) is 2.81. The molecule has 1 atom stereocenters. The number of methoxy groups -OCH3 is 1. The molecule has 4 N–H and O–H groups in total. The van der Waals surface area contributed by atoms with Crippen molar-refractivity contribution in [1.29, 1.82) is 0 Å². The molecule has 2 heterocycles. The minimum atomic E-state index is -0.455. The van der Waals surface area contributed by atoms with Crippen LogP contribution in [0.2, 0.25) is 0 Å². The maximum Gasteiger partial charge on any atom is 0.345 e. The molecule has 7 nitrogen and oxygen atoms in total. The number of aryl methyl sites for hydroxylation is 1. The van der Waals surface area contributed by atoms with Gasteiger partial charge in [0.15, 0.2) is 5.82 Å². The Bertz CT molecular complexity index is 451. The summed E-state index contributed by atoms with van der Waals surface area (Å²) < 4.78 is 6.38. The average molecular weight is 267 g/mol. The summed E-state index contributed by atoms with van der Waals surface area (Å²) in [6.45, 7) is 4.43. The topological polar surface area (TPSA) is 94.2 Å². The van der Waals surface area contributed by atoms with Gasteiger partial charge in [-0.15, -0.1) is 0 Å². The number of esters is 1. The van der Waals surface area contributed by atoms with E-state index in [2.05, 4.69) is 15.7 Å². The maximum absolute atomic E-state index is 11.8. The lowest BCUT2D eigenvalue weighted by atomic mass is 10.1. The Hall–Kier alpha value is -1.76. The van der Waals surface area contributed by atoms with Crippen molar-refractivity contribution in [3.05, 3.63) is 5.56 Å². The highest BCUT2D eigenvalue weighted by Gasteiger charge is 2.24. The molecule has 1 aromatic heterocycles. The Labute approximate surface area is 112 Å². The third-order valence-electron chi connectivity index (χ3n) is 3.32. The van der Waals surface area contributed by atoms with E-state index in [1.165, 1.54) is 7.11 Å². The molecule has 19 heavy (non-hydrogen) atoms. The Morgan fingerprint density at radius 2 is 2.47 bits per heavy atom. The number of hydrogen-bond acceptors (Lipinski definition) is 6. The summed E-state index contributed by atoms with van der Waals surface area (Å²) in [4.78, 5) is 11.8. The Kier molecular flexibility index (Phi) is 4.26. The molecule has 1 aliphatic heterocycles. The van der Waals surface area contributed by atoms with Crippen LogP contribution in [0.25, 0.3) is 0 Å². The second-order valence-corrected chi connectivity index (χ2v) is 4.60. The number of anilines is 2. The standard InChI is InChI=1S/C12H21N5O2/c1-3-17-10(13)9(12(18)19-2)11(16-17)15-8-5-4-6-14-7-8/h8,14H,3-7,13H2,1-2H3,(H,15,16). The van der Waals surface area contributed by atoms with E-state index >= 15 is 0 Å². The first-order valence-corrected chi connectivity index (χ1v) is 6.59. The highest BCUT2D eigenvalue weighted by atomic mass is 16.5. The van der Waals surface area contributed by atoms with Gasteiger partial charge in [0, 0.05) is 19.1 Å². The highest BCUT2D eigenvalue weighted by molar-refractivity contribution is 5.99. The van der Waals surface area contributed by atoms with E-state index < -0.39 is 5.97 Å². The van der Waals surface area contributed by atoms with E-state index in [-0.39, 0.29) is 6.04 Å². The summed E-state index contributed by atoms with van der Waals surface area (Å²) in [6, 6.07) is 0.261. The van der Waals surface area contributed by atoms with Gasteiger partial charge in [0.25, 0.3) is 0 Å². The zero-order valence-corrected chi connectivity index (χ0v) is 11.4. The average Bonchev–Trinajstić information content (AvgIpc) is 2.75. The lowest BCUT2D eigenvalue weighted by Crippen LogP contribution is -2.38. The van der Waals surface area contributed by atoms with Gasteiger partial charge in [0.2, 0.25) is 0 Å². The third-order valence-corrected chi connectivity index (χ3v) is 3.32. The minimum absolute atomic E-state index is 0.261. The van der Waals surface area contributed by atoms with Crippen molar-refractivity contribution >= 4 is 17.6 Å². The number of carbonyl (C=O) groups is 1. The molecule has 0 radical (unpaired) electrons. The molecule has 0 amide bonds. The fourth-order valence-corrected chi connectivity index (χ4v) is 2.29. The SMILES string of the molecule is CCn1nc(NC2CCCNC2)c(C(=O)OC)c1N. The molecule has 0 saturated carbocycles. The first-order chi connectivity index (χ1) is 9.17. The first kappa shape index (κ1) is 13.7. The number of carbonyl (C=O) groups excluding carboxylic acids is 1. The van der Waals surface area contributed by atoms with Crippen molar-refractivity contribution in [3.8, 4) is 0 Å². The van der Waals surface area contributed by atoms with E-state index in [1.54, 1.807) is 4.68 Å². The maximum atomic E-state index is 11.8. The van der Waals surface area contributed by atoms with Crippen LogP contribution in [0.3, 0.4) is 0 Å². The van der Waals surface area contributed by atoms with Gasteiger partial charge >= 0.3 is 5.97 Å². The Morgan fingerprint density at radius 1 is 1.68 bits per heavy atom. The van der Waals surface area contributed by atoms with Crippen molar-refractivity contribution in [2.45, 2.75) is 32.4 Å². The molecule has 106 valence electrons. The molecule has 1 aliphatic rings. The zero-order valence-electron chi connectivity index (χ0n) is 11.4. The number of hydrogen-bond donors (Lipinski definition) is 3. The summed E-state index contributed by atoms with van der Waals surface area (Å²) in [5, 5.41) is 10.9.